The van der Waals surface area contributed by atoms with Crippen LogP contribution in [0, 0.1) is 0 Å². The molecule has 1 unspecified atom stereocenters. The van der Waals surface area contributed by atoms with Crippen LogP contribution in [0.5, 0.6) is 0 Å². The maximum absolute atomic E-state index is 12.0. The molecule has 0 bridgehead atoms. The molecule has 0 saturated carbocycles. The minimum Gasteiger partial charge on any atom is -0.481 e. The van der Waals surface area contributed by atoms with E-state index in [0.29, 0.717) is 23.4 Å². The molecule has 6 heteroatoms. The number of halogens is 2. The average Bonchev–Trinajstić information content (AvgIpc) is 2.31. The van der Waals surface area contributed by atoms with Gasteiger partial charge in [0, 0.05) is 12.5 Å². The van der Waals surface area contributed by atoms with Gasteiger partial charge in [-0.25, -0.2) is 0 Å². The highest BCUT2D eigenvalue weighted by molar-refractivity contribution is 6.43. The Hall–Kier alpha value is -1.26. The Morgan fingerprint density at radius 2 is 2.05 bits per heavy atom. The molecule has 0 heterocycles. The lowest BCUT2D eigenvalue weighted by Gasteiger charge is -2.14. The van der Waals surface area contributed by atoms with Crippen LogP contribution in [-0.2, 0) is 4.79 Å². The quantitative estimate of drug-likeness (QED) is 0.847. The van der Waals surface area contributed by atoms with Crippen LogP contribution >= 0.6 is 23.2 Å². The molecular formula is C13H15Cl2NO3. The molecule has 0 aliphatic heterocycles. The largest absolute Gasteiger partial charge is 0.481 e. The van der Waals surface area contributed by atoms with Gasteiger partial charge in [0.1, 0.15) is 0 Å². The SMILES string of the molecule is CC(CCCC(=O)O)NC(=O)c1cccc(Cl)c1Cl. The Kier molecular flexibility index (Phi) is 6.12. The van der Waals surface area contributed by atoms with Crippen molar-refractivity contribution in [3.63, 3.8) is 0 Å². The van der Waals surface area contributed by atoms with E-state index < -0.39 is 5.97 Å². The highest BCUT2D eigenvalue weighted by Gasteiger charge is 2.14. The number of benzene rings is 1. The van der Waals surface area contributed by atoms with Gasteiger partial charge < -0.3 is 10.4 Å². The van der Waals surface area contributed by atoms with E-state index in [2.05, 4.69) is 5.32 Å². The van der Waals surface area contributed by atoms with Gasteiger partial charge in [-0.15, -0.1) is 0 Å². The van der Waals surface area contributed by atoms with E-state index in [1.807, 2.05) is 6.92 Å². The van der Waals surface area contributed by atoms with Gasteiger partial charge in [0.15, 0.2) is 0 Å². The molecule has 0 radical (unpaired) electrons. The van der Waals surface area contributed by atoms with Gasteiger partial charge >= 0.3 is 5.97 Å². The minimum absolute atomic E-state index is 0.0954. The highest BCUT2D eigenvalue weighted by Crippen LogP contribution is 2.25. The third kappa shape index (κ3) is 5.09. The first-order valence-electron chi connectivity index (χ1n) is 5.88. The van der Waals surface area contributed by atoms with Gasteiger partial charge in [-0.1, -0.05) is 29.3 Å². The zero-order valence-corrected chi connectivity index (χ0v) is 12.0. The summed E-state index contributed by atoms with van der Waals surface area (Å²) in [5.41, 5.74) is 0.319. The molecule has 0 aromatic heterocycles. The van der Waals surface area contributed by atoms with Gasteiger partial charge in [-0.3, -0.25) is 9.59 Å². The topological polar surface area (TPSA) is 66.4 Å². The number of rotatable bonds is 6. The first-order valence-corrected chi connectivity index (χ1v) is 6.64. The monoisotopic (exact) mass is 303 g/mol. The molecule has 0 aliphatic rings. The summed E-state index contributed by atoms with van der Waals surface area (Å²) in [4.78, 5) is 22.3. The number of carbonyl (C=O) groups is 2. The molecule has 0 saturated heterocycles. The van der Waals surface area contributed by atoms with Gasteiger partial charge in [-0.05, 0) is 31.9 Å². The zero-order valence-electron chi connectivity index (χ0n) is 10.5. The Labute approximate surface area is 121 Å². The number of nitrogens with one attached hydrogen (secondary N) is 1. The van der Waals surface area contributed by atoms with Crippen molar-refractivity contribution >= 4 is 35.1 Å². The van der Waals surface area contributed by atoms with E-state index in [-0.39, 0.29) is 23.4 Å². The molecule has 1 rings (SSSR count). The Morgan fingerprint density at radius 1 is 1.37 bits per heavy atom. The first kappa shape index (κ1) is 15.8. The second-order valence-electron chi connectivity index (χ2n) is 4.26. The van der Waals surface area contributed by atoms with E-state index in [1.54, 1.807) is 18.2 Å². The van der Waals surface area contributed by atoms with Crippen LogP contribution < -0.4 is 5.32 Å². The van der Waals surface area contributed by atoms with Crippen LogP contribution in [-0.4, -0.2) is 23.0 Å². The fraction of sp³-hybridized carbons (Fsp3) is 0.385. The molecule has 1 aromatic rings. The predicted molar refractivity (Wildman–Crippen MR) is 74.9 cm³/mol. The van der Waals surface area contributed by atoms with Crippen LogP contribution in [0.3, 0.4) is 0 Å². The lowest BCUT2D eigenvalue weighted by molar-refractivity contribution is -0.137. The minimum atomic E-state index is -0.837. The van der Waals surface area contributed by atoms with Crippen molar-refractivity contribution in [1.82, 2.24) is 5.32 Å². The molecular weight excluding hydrogens is 289 g/mol. The normalized spacial score (nSPS) is 11.9. The second kappa shape index (κ2) is 7.36. The second-order valence-corrected chi connectivity index (χ2v) is 5.05. The first-order chi connectivity index (χ1) is 8.91. The molecule has 2 N–H and O–H groups in total. The van der Waals surface area contributed by atoms with Crippen molar-refractivity contribution in [3.05, 3.63) is 33.8 Å². The molecule has 0 spiro atoms. The van der Waals surface area contributed by atoms with E-state index in [0.717, 1.165) is 0 Å². The van der Waals surface area contributed by atoms with Crippen LogP contribution in [0.4, 0.5) is 0 Å². The number of aliphatic carboxylic acids is 1. The maximum atomic E-state index is 12.0. The fourth-order valence-corrected chi connectivity index (χ4v) is 2.00. The van der Waals surface area contributed by atoms with Gasteiger partial charge in [0.2, 0.25) is 0 Å². The molecule has 0 fully saturated rings. The number of hydrogen-bond acceptors (Lipinski definition) is 2. The maximum Gasteiger partial charge on any atom is 0.303 e. The molecule has 1 atom stereocenters. The fourth-order valence-electron chi connectivity index (χ4n) is 1.61. The van der Waals surface area contributed by atoms with Crippen LogP contribution in [0.1, 0.15) is 36.5 Å². The number of hydrogen-bond donors (Lipinski definition) is 2. The summed E-state index contributed by atoms with van der Waals surface area (Å²) >= 11 is 11.8. The molecule has 4 nitrogen and oxygen atoms in total. The average molecular weight is 304 g/mol. The van der Waals surface area contributed by atoms with Gasteiger partial charge in [-0.2, -0.15) is 0 Å². The lowest BCUT2D eigenvalue weighted by Crippen LogP contribution is -2.32. The van der Waals surface area contributed by atoms with E-state index in [1.165, 1.54) is 0 Å². The smallest absolute Gasteiger partial charge is 0.303 e. The Morgan fingerprint density at radius 3 is 2.68 bits per heavy atom. The third-order valence-electron chi connectivity index (χ3n) is 2.60. The number of carboxylic acid groups (broad SMARTS) is 1. The van der Waals surface area contributed by atoms with E-state index >= 15 is 0 Å². The van der Waals surface area contributed by atoms with E-state index in [9.17, 15) is 9.59 Å². The molecule has 104 valence electrons. The Balaban J connectivity index is 2.54. The van der Waals surface area contributed by atoms with Crippen molar-refractivity contribution in [2.75, 3.05) is 0 Å². The molecule has 1 amide bonds. The summed E-state index contributed by atoms with van der Waals surface area (Å²) in [5, 5.41) is 11.8. The summed E-state index contributed by atoms with van der Waals surface area (Å²) in [7, 11) is 0. The van der Waals surface area contributed by atoms with Crippen molar-refractivity contribution in [2.24, 2.45) is 0 Å². The summed E-state index contributed by atoms with van der Waals surface area (Å²) in [6.45, 7) is 1.82. The standard InChI is InChI=1S/C13H15Cl2NO3/c1-8(4-2-7-11(17)18)16-13(19)9-5-3-6-10(14)12(9)15/h3,5-6,8H,2,4,7H2,1H3,(H,16,19)(H,17,18). The molecule has 19 heavy (non-hydrogen) atoms. The highest BCUT2D eigenvalue weighted by atomic mass is 35.5. The van der Waals surface area contributed by atoms with Crippen molar-refractivity contribution in [2.45, 2.75) is 32.2 Å². The van der Waals surface area contributed by atoms with Gasteiger partial charge in [0.25, 0.3) is 5.91 Å². The molecule has 1 aromatic carbocycles. The summed E-state index contributed by atoms with van der Waals surface area (Å²) < 4.78 is 0. The zero-order chi connectivity index (χ0) is 14.4. The Bertz CT molecular complexity index is 477. The number of carbonyl (C=O) groups excluding carboxylic acids is 1. The number of carboxylic acids is 1. The molecule has 0 aliphatic carbocycles. The lowest BCUT2D eigenvalue weighted by atomic mass is 10.1. The summed E-state index contributed by atoms with van der Waals surface area (Å²) in [6.07, 6.45) is 1.20. The van der Waals surface area contributed by atoms with Crippen LogP contribution in [0.25, 0.3) is 0 Å². The predicted octanol–water partition coefficient (Wildman–Crippen LogP) is 3.37. The third-order valence-corrected chi connectivity index (χ3v) is 3.42. The van der Waals surface area contributed by atoms with Crippen molar-refractivity contribution in [1.29, 1.82) is 0 Å². The van der Waals surface area contributed by atoms with Crippen molar-refractivity contribution < 1.29 is 14.7 Å². The van der Waals surface area contributed by atoms with Gasteiger partial charge in [0.05, 0.1) is 15.6 Å². The van der Waals surface area contributed by atoms with Crippen molar-refractivity contribution in [3.8, 4) is 0 Å². The number of amides is 1. The summed E-state index contributed by atoms with van der Waals surface area (Å²) in [5.74, 6) is -1.15. The summed E-state index contributed by atoms with van der Waals surface area (Å²) in [6, 6.07) is 4.73. The van der Waals surface area contributed by atoms with Crippen LogP contribution in [0.2, 0.25) is 10.0 Å². The van der Waals surface area contributed by atoms with E-state index in [4.69, 9.17) is 28.3 Å². The van der Waals surface area contributed by atoms with Crippen LogP contribution in [0.15, 0.2) is 18.2 Å².